The maximum atomic E-state index is 7.03. The summed E-state index contributed by atoms with van der Waals surface area (Å²) in [6.45, 7) is 0. The van der Waals surface area contributed by atoms with Crippen LogP contribution in [-0.2, 0) is 6.42 Å². The molecule has 0 fully saturated rings. The predicted molar refractivity (Wildman–Crippen MR) is 283 cm³/mol. The number of hydrogen-bond donors (Lipinski definition) is 0. The zero-order chi connectivity index (χ0) is 44.2. The normalized spacial score (nSPS) is 16.9. The Balaban J connectivity index is 0.889. The van der Waals surface area contributed by atoms with E-state index >= 15 is 0 Å². The summed E-state index contributed by atoms with van der Waals surface area (Å²) < 4.78 is 9.56. The van der Waals surface area contributed by atoms with Crippen LogP contribution in [0.4, 0.5) is 0 Å². The van der Waals surface area contributed by atoms with Gasteiger partial charge < -0.3 is 9.32 Å². The van der Waals surface area contributed by atoms with Crippen molar-refractivity contribution in [2.24, 2.45) is 9.98 Å². The molecule has 0 radical (unpaired) electrons. The van der Waals surface area contributed by atoms with Crippen molar-refractivity contribution in [2.45, 2.75) is 31.3 Å². The van der Waals surface area contributed by atoms with Gasteiger partial charge in [-0.1, -0.05) is 170 Å². The van der Waals surface area contributed by atoms with Crippen LogP contribution < -0.4 is 0 Å². The second-order valence-corrected chi connectivity index (χ2v) is 19.3. The highest BCUT2D eigenvalue weighted by atomic mass is 32.1. The minimum atomic E-state index is -0.250. The Hall–Kier alpha value is -7.86. The van der Waals surface area contributed by atoms with Crippen molar-refractivity contribution in [3.05, 3.63) is 227 Å². The first-order valence-corrected chi connectivity index (χ1v) is 24.2. The maximum Gasteiger partial charge on any atom is 0.159 e. The van der Waals surface area contributed by atoms with Gasteiger partial charge in [-0.05, 0) is 109 Å². The standard InChI is InChI=1S/C62H43N3OS/c1-65-61(37-15-3-2-4-16-37)63-60(39-30-32-50-49-23-11-12-28-56(49)67-57(50)36-39)64-62(65)52-34-33-47(44-20-7-9-21-45(44)52)51-25-13-26-53-58-40(24-14-27-55(58)66-59(51)53)38-29-31-48-43-19-6-5-17-41(43)42-18-8-10-22-46(42)54(48)35-38/h2-5,7-18,20-24,26-36,51,61H,6,19,25H2,1H3. The lowest BCUT2D eigenvalue weighted by atomic mass is 9.82. The van der Waals surface area contributed by atoms with Crippen LogP contribution in [0.1, 0.15) is 69.6 Å². The number of furan rings is 1. The lowest BCUT2D eigenvalue weighted by molar-refractivity contribution is 0.383. The number of thiophene rings is 1. The monoisotopic (exact) mass is 877 g/mol. The zero-order valence-electron chi connectivity index (χ0n) is 36.9. The van der Waals surface area contributed by atoms with Gasteiger partial charge in [-0.3, -0.25) is 0 Å². The molecule has 318 valence electrons. The van der Waals surface area contributed by atoms with E-state index in [9.17, 15) is 0 Å². The zero-order valence-corrected chi connectivity index (χ0v) is 37.7. The van der Waals surface area contributed by atoms with Crippen LogP contribution >= 0.6 is 11.3 Å². The van der Waals surface area contributed by atoms with Crippen molar-refractivity contribution in [1.29, 1.82) is 0 Å². The molecule has 5 heteroatoms. The summed E-state index contributed by atoms with van der Waals surface area (Å²) >= 11 is 1.82. The van der Waals surface area contributed by atoms with Crippen molar-refractivity contribution in [3.63, 3.8) is 0 Å². The first-order valence-electron chi connectivity index (χ1n) is 23.4. The maximum absolute atomic E-state index is 7.03. The molecule has 11 aromatic rings. The van der Waals surface area contributed by atoms with Crippen molar-refractivity contribution in [3.8, 4) is 11.1 Å². The molecule has 0 amide bonds. The van der Waals surface area contributed by atoms with Crippen LogP contribution in [0.25, 0.3) is 86.7 Å². The second kappa shape index (κ2) is 15.1. The number of aryl methyl sites for hydroxylation is 1. The third-order valence-corrected chi connectivity index (χ3v) is 15.7. The van der Waals surface area contributed by atoms with Crippen LogP contribution in [0, 0.1) is 0 Å². The van der Waals surface area contributed by atoms with Gasteiger partial charge in [0.15, 0.2) is 5.84 Å². The first-order chi connectivity index (χ1) is 33.1. The van der Waals surface area contributed by atoms with Crippen LogP contribution in [-0.4, -0.2) is 23.6 Å². The van der Waals surface area contributed by atoms with E-state index in [0.29, 0.717) is 0 Å². The first kappa shape index (κ1) is 38.4. The van der Waals surface area contributed by atoms with E-state index in [1.165, 1.54) is 85.9 Å². The molecule has 0 saturated carbocycles. The average molecular weight is 878 g/mol. The third kappa shape index (κ3) is 5.97. The minimum Gasteiger partial charge on any atom is -0.460 e. The molecule has 0 N–H and O–H groups in total. The van der Waals surface area contributed by atoms with E-state index in [2.05, 4.69) is 206 Å². The van der Waals surface area contributed by atoms with Crippen molar-refractivity contribution < 1.29 is 4.42 Å². The molecule has 0 spiro atoms. The molecular formula is C62H43N3OS. The summed E-state index contributed by atoms with van der Waals surface area (Å²) in [5.74, 6) is 2.70. The Bertz CT molecular complexity index is 4000. The SMILES string of the molecule is CN1C(c2ccc(C3CC=Cc4c3oc3cccc(-c5ccc6c7c(c8ccccc8c6c5)C=CCC7)c43)c3ccccc23)=NC(c2ccc3c(c2)sc2ccccc23)=NC1c1ccccc1. The number of hydrogen-bond acceptors (Lipinski definition) is 5. The van der Waals surface area contributed by atoms with Gasteiger partial charge in [-0.15, -0.1) is 11.3 Å². The third-order valence-electron chi connectivity index (χ3n) is 14.6. The summed E-state index contributed by atoms with van der Waals surface area (Å²) in [6, 6.07) is 62.0. The predicted octanol–water partition coefficient (Wildman–Crippen LogP) is 16.3. The fourth-order valence-electron chi connectivity index (χ4n) is 11.4. The molecule has 4 nitrogen and oxygen atoms in total. The average Bonchev–Trinajstić information content (AvgIpc) is 3.97. The van der Waals surface area contributed by atoms with Gasteiger partial charge in [-0.2, -0.15) is 0 Å². The van der Waals surface area contributed by atoms with Crippen LogP contribution in [0.3, 0.4) is 0 Å². The molecule has 1 aliphatic heterocycles. The van der Waals surface area contributed by atoms with Gasteiger partial charge in [0, 0.05) is 55.2 Å². The lowest BCUT2D eigenvalue weighted by Gasteiger charge is -2.33. The topological polar surface area (TPSA) is 41.1 Å². The lowest BCUT2D eigenvalue weighted by Crippen LogP contribution is -2.35. The smallest absolute Gasteiger partial charge is 0.159 e. The molecule has 3 heterocycles. The highest BCUT2D eigenvalue weighted by molar-refractivity contribution is 7.25. The molecule has 2 atom stereocenters. The quantitative estimate of drug-likeness (QED) is 0.162. The molecule has 14 rings (SSSR count). The largest absolute Gasteiger partial charge is 0.460 e. The molecular weight excluding hydrogens is 835 g/mol. The van der Waals surface area contributed by atoms with Crippen LogP contribution in [0.5, 0.6) is 0 Å². The summed E-state index contributed by atoms with van der Waals surface area (Å²) in [6.07, 6.45) is 12.0. The highest BCUT2D eigenvalue weighted by Crippen LogP contribution is 2.47. The Morgan fingerprint density at radius 1 is 0.567 bits per heavy atom. The van der Waals surface area contributed by atoms with Crippen molar-refractivity contribution in [1.82, 2.24) is 4.90 Å². The summed E-state index contributed by atoms with van der Waals surface area (Å²) in [7, 11) is 2.13. The highest BCUT2D eigenvalue weighted by Gasteiger charge is 2.31. The van der Waals surface area contributed by atoms with Gasteiger partial charge in [0.25, 0.3) is 0 Å². The Kier molecular flexibility index (Phi) is 8.65. The van der Waals surface area contributed by atoms with Crippen LogP contribution in [0.15, 0.2) is 196 Å². The number of benzene rings is 9. The minimum absolute atomic E-state index is 0.0348. The van der Waals surface area contributed by atoms with Gasteiger partial charge in [0.2, 0.25) is 0 Å². The van der Waals surface area contributed by atoms with Gasteiger partial charge in [0.1, 0.15) is 23.3 Å². The Labute approximate surface area is 392 Å². The van der Waals surface area contributed by atoms with Crippen molar-refractivity contribution in [2.75, 3.05) is 7.05 Å². The number of amidine groups is 2. The number of fused-ring (bicyclic) bond motifs is 13. The molecule has 0 bridgehead atoms. The summed E-state index contributed by atoms with van der Waals surface area (Å²) in [5, 5.41) is 11.4. The summed E-state index contributed by atoms with van der Waals surface area (Å²) in [5.41, 5.74) is 11.8. The molecule has 2 unspecified atom stereocenters. The fraction of sp³-hybridized carbons (Fsp3) is 0.0968. The van der Waals surface area contributed by atoms with E-state index in [1.54, 1.807) is 0 Å². The molecule has 2 aromatic heterocycles. The molecule has 3 aliphatic rings. The second-order valence-electron chi connectivity index (χ2n) is 18.2. The van der Waals surface area contributed by atoms with Gasteiger partial charge >= 0.3 is 0 Å². The number of aliphatic imine (C=N–C) groups is 2. The van der Waals surface area contributed by atoms with E-state index in [1.807, 2.05) is 11.3 Å². The molecule has 0 saturated heterocycles. The van der Waals surface area contributed by atoms with Gasteiger partial charge in [-0.25, -0.2) is 9.98 Å². The van der Waals surface area contributed by atoms with Gasteiger partial charge in [0.05, 0.1) is 0 Å². The van der Waals surface area contributed by atoms with E-state index in [-0.39, 0.29) is 12.1 Å². The molecule has 9 aromatic carbocycles. The Morgan fingerprint density at radius 3 is 2.21 bits per heavy atom. The number of rotatable bonds is 5. The van der Waals surface area contributed by atoms with Crippen molar-refractivity contribution >= 4 is 98.6 Å². The molecule has 2 aliphatic carbocycles. The van der Waals surface area contributed by atoms with Crippen LogP contribution in [0.2, 0.25) is 0 Å². The van der Waals surface area contributed by atoms with E-state index < -0.39 is 0 Å². The van der Waals surface area contributed by atoms with E-state index in [4.69, 9.17) is 14.4 Å². The number of allylic oxidation sites excluding steroid dienone is 2. The fourth-order valence-corrected chi connectivity index (χ4v) is 12.6. The Morgan fingerprint density at radius 2 is 1.31 bits per heavy atom. The van der Waals surface area contributed by atoms with E-state index in [0.717, 1.165) is 64.4 Å². The number of nitrogens with zero attached hydrogens (tertiary/aromatic N) is 3. The summed E-state index contributed by atoms with van der Waals surface area (Å²) in [4.78, 5) is 13.1. The molecule has 67 heavy (non-hydrogen) atoms.